The van der Waals surface area contributed by atoms with Crippen LogP contribution < -0.4 is 4.74 Å². The highest BCUT2D eigenvalue weighted by Gasteiger charge is 2.40. The Bertz CT molecular complexity index is 469. The average molecular weight is 250 g/mol. The van der Waals surface area contributed by atoms with Gasteiger partial charge in [0.1, 0.15) is 5.75 Å². The molecular weight excluding hydrogens is 232 g/mol. The van der Waals surface area contributed by atoms with Gasteiger partial charge in [0.25, 0.3) is 0 Å². The predicted molar refractivity (Wildman–Crippen MR) is 66.8 cm³/mol. The van der Waals surface area contributed by atoms with Gasteiger partial charge in [0, 0.05) is 6.42 Å². The Morgan fingerprint density at radius 2 is 2.17 bits per heavy atom. The molecule has 2 unspecified atom stereocenters. The number of fused-ring (bicyclic) bond motifs is 1. The second kappa shape index (κ2) is 4.61. The Morgan fingerprint density at radius 1 is 1.44 bits per heavy atom. The molecule has 0 fully saturated rings. The summed E-state index contributed by atoms with van der Waals surface area (Å²) in [5.74, 6) is -0.985. The number of aliphatic hydroxyl groups is 1. The molecule has 1 aliphatic rings. The first kappa shape index (κ1) is 12.9. The minimum absolute atomic E-state index is 0.368. The standard InChI is InChI=1S/C14H18O4/c1-9(13(15)16)14(17)6-5-10-3-4-12(18-2)7-11(10)8-14/h3-4,7,9,17H,5-6,8H2,1-2H3,(H,15,16). The molecule has 2 rings (SSSR count). The van der Waals surface area contributed by atoms with Gasteiger partial charge in [-0.2, -0.15) is 0 Å². The Balaban J connectivity index is 2.30. The maximum absolute atomic E-state index is 11.1. The topological polar surface area (TPSA) is 66.8 Å². The van der Waals surface area contributed by atoms with Gasteiger partial charge in [-0.1, -0.05) is 6.07 Å². The van der Waals surface area contributed by atoms with Gasteiger partial charge in [0.2, 0.25) is 0 Å². The Labute approximate surface area is 106 Å². The zero-order valence-corrected chi connectivity index (χ0v) is 10.6. The van der Waals surface area contributed by atoms with Crippen molar-refractivity contribution >= 4 is 5.97 Å². The van der Waals surface area contributed by atoms with Crippen molar-refractivity contribution in [3.63, 3.8) is 0 Å². The zero-order chi connectivity index (χ0) is 13.3. The Kier molecular flexibility index (Phi) is 3.30. The highest BCUT2D eigenvalue weighted by Crippen LogP contribution is 2.35. The lowest BCUT2D eigenvalue weighted by atomic mass is 9.74. The molecule has 0 bridgehead atoms. The number of hydrogen-bond acceptors (Lipinski definition) is 3. The first-order chi connectivity index (χ1) is 8.46. The summed E-state index contributed by atoms with van der Waals surface area (Å²) in [5.41, 5.74) is 0.986. The molecule has 0 saturated heterocycles. The van der Waals surface area contributed by atoms with Gasteiger partial charge in [-0.25, -0.2) is 0 Å². The normalized spacial score (nSPS) is 24.2. The van der Waals surface area contributed by atoms with E-state index >= 15 is 0 Å². The van der Waals surface area contributed by atoms with Gasteiger partial charge in [0.05, 0.1) is 18.6 Å². The van der Waals surface area contributed by atoms with Crippen molar-refractivity contribution < 1.29 is 19.7 Å². The summed E-state index contributed by atoms with van der Waals surface area (Å²) < 4.78 is 5.16. The Morgan fingerprint density at radius 3 is 2.78 bits per heavy atom. The van der Waals surface area contributed by atoms with E-state index in [2.05, 4.69) is 0 Å². The molecule has 0 aliphatic heterocycles. The molecule has 0 heterocycles. The second-order valence-electron chi connectivity index (χ2n) is 4.97. The van der Waals surface area contributed by atoms with Crippen molar-refractivity contribution in [2.24, 2.45) is 5.92 Å². The molecule has 0 saturated carbocycles. The highest BCUT2D eigenvalue weighted by molar-refractivity contribution is 5.71. The number of carboxylic acids is 1. The first-order valence-electron chi connectivity index (χ1n) is 6.07. The third-order valence-electron chi connectivity index (χ3n) is 3.91. The lowest BCUT2D eigenvalue weighted by Crippen LogP contribution is -2.45. The summed E-state index contributed by atoms with van der Waals surface area (Å²) in [6.45, 7) is 1.56. The van der Waals surface area contributed by atoms with Gasteiger partial charge in [-0.15, -0.1) is 0 Å². The quantitative estimate of drug-likeness (QED) is 0.855. The SMILES string of the molecule is COc1ccc2c(c1)CC(O)(C(C)C(=O)O)CC2. The van der Waals surface area contributed by atoms with Crippen LogP contribution in [0.1, 0.15) is 24.5 Å². The summed E-state index contributed by atoms with van der Waals surface area (Å²) in [6.07, 6.45) is 1.56. The van der Waals surface area contributed by atoms with Gasteiger partial charge >= 0.3 is 5.97 Å². The molecule has 0 radical (unpaired) electrons. The van der Waals surface area contributed by atoms with Crippen LogP contribution in [0.3, 0.4) is 0 Å². The summed E-state index contributed by atoms with van der Waals surface area (Å²) in [5, 5.41) is 19.6. The number of methoxy groups -OCH3 is 1. The summed E-state index contributed by atoms with van der Waals surface area (Å²) >= 11 is 0. The van der Waals surface area contributed by atoms with Crippen molar-refractivity contribution in [3.05, 3.63) is 29.3 Å². The van der Waals surface area contributed by atoms with Crippen molar-refractivity contribution in [2.45, 2.75) is 31.8 Å². The van der Waals surface area contributed by atoms with Gasteiger partial charge in [0.15, 0.2) is 0 Å². The van der Waals surface area contributed by atoms with Crippen molar-refractivity contribution in [3.8, 4) is 5.75 Å². The molecule has 98 valence electrons. The van der Waals surface area contributed by atoms with Crippen LogP contribution in [-0.2, 0) is 17.6 Å². The summed E-state index contributed by atoms with van der Waals surface area (Å²) in [6, 6.07) is 5.76. The molecule has 0 aromatic heterocycles. The van der Waals surface area contributed by atoms with E-state index in [-0.39, 0.29) is 0 Å². The maximum Gasteiger partial charge on any atom is 0.309 e. The fourth-order valence-electron chi connectivity index (χ4n) is 2.51. The minimum Gasteiger partial charge on any atom is -0.497 e. The van der Waals surface area contributed by atoms with E-state index in [9.17, 15) is 9.90 Å². The number of benzene rings is 1. The molecule has 0 spiro atoms. The van der Waals surface area contributed by atoms with E-state index in [1.807, 2.05) is 18.2 Å². The number of aliphatic carboxylic acids is 1. The highest BCUT2D eigenvalue weighted by atomic mass is 16.5. The van der Waals surface area contributed by atoms with Crippen LogP contribution in [-0.4, -0.2) is 28.9 Å². The Hall–Kier alpha value is -1.55. The van der Waals surface area contributed by atoms with Crippen LogP contribution in [0, 0.1) is 5.92 Å². The summed E-state index contributed by atoms with van der Waals surface area (Å²) in [4.78, 5) is 11.1. The minimum atomic E-state index is -1.16. The first-order valence-corrected chi connectivity index (χ1v) is 6.07. The van der Waals surface area contributed by atoms with Gasteiger partial charge in [-0.3, -0.25) is 4.79 Å². The number of hydrogen-bond donors (Lipinski definition) is 2. The molecule has 18 heavy (non-hydrogen) atoms. The molecule has 0 amide bonds. The van der Waals surface area contributed by atoms with Crippen LogP contribution in [0.15, 0.2) is 18.2 Å². The third-order valence-corrected chi connectivity index (χ3v) is 3.91. The number of carbonyl (C=O) groups is 1. The van der Waals surface area contributed by atoms with Crippen LogP contribution in [0.4, 0.5) is 0 Å². The fraction of sp³-hybridized carbons (Fsp3) is 0.500. The fourth-order valence-corrected chi connectivity index (χ4v) is 2.51. The van der Waals surface area contributed by atoms with Crippen LogP contribution in [0.25, 0.3) is 0 Å². The van der Waals surface area contributed by atoms with E-state index in [1.165, 1.54) is 0 Å². The largest absolute Gasteiger partial charge is 0.497 e. The zero-order valence-electron chi connectivity index (χ0n) is 10.6. The van der Waals surface area contributed by atoms with Crippen molar-refractivity contribution in [1.82, 2.24) is 0 Å². The monoisotopic (exact) mass is 250 g/mol. The van der Waals surface area contributed by atoms with Crippen molar-refractivity contribution in [1.29, 1.82) is 0 Å². The predicted octanol–water partition coefficient (Wildman–Crippen LogP) is 1.64. The second-order valence-corrected chi connectivity index (χ2v) is 4.97. The van der Waals surface area contributed by atoms with Crippen molar-refractivity contribution in [2.75, 3.05) is 7.11 Å². The van der Waals surface area contributed by atoms with Gasteiger partial charge < -0.3 is 14.9 Å². The number of rotatable bonds is 3. The van der Waals surface area contributed by atoms with Gasteiger partial charge in [-0.05, 0) is 43.0 Å². The van der Waals surface area contributed by atoms with Crippen LogP contribution >= 0.6 is 0 Å². The molecule has 1 aromatic rings. The van der Waals surface area contributed by atoms with E-state index in [0.29, 0.717) is 19.3 Å². The number of ether oxygens (including phenoxy) is 1. The molecular formula is C14H18O4. The van der Waals surface area contributed by atoms with Crippen LogP contribution in [0.5, 0.6) is 5.75 Å². The average Bonchev–Trinajstić information content (AvgIpc) is 2.36. The maximum atomic E-state index is 11.1. The lowest BCUT2D eigenvalue weighted by Gasteiger charge is -2.36. The lowest BCUT2D eigenvalue weighted by molar-refractivity contribution is -0.151. The molecule has 1 aliphatic carbocycles. The van der Waals surface area contributed by atoms with E-state index in [1.54, 1.807) is 14.0 Å². The van der Waals surface area contributed by atoms with E-state index in [4.69, 9.17) is 9.84 Å². The molecule has 4 heteroatoms. The van der Waals surface area contributed by atoms with E-state index in [0.717, 1.165) is 16.9 Å². The number of carboxylic acid groups (broad SMARTS) is 1. The van der Waals surface area contributed by atoms with E-state index < -0.39 is 17.5 Å². The third kappa shape index (κ3) is 2.20. The molecule has 1 aromatic carbocycles. The van der Waals surface area contributed by atoms with Crippen LogP contribution in [0.2, 0.25) is 0 Å². The molecule has 4 nitrogen and oxygen atoms in total. The summed E-state index contributed by atoms with van der Waals surface area (Å²) in [7, 11) is 1.59. The number of aryl methyl sites for hydroxylation is 1. The molecule has 2 N–H and O–H groups in total. The smallest absolute Gasteiger partial charge is 0.309 e. The molecule has 2 atom stereocenters.